The number of aromatic hydroxyl groups is 2. The maximum atomic E-state index is 12.3. The van der Waals surface area contributed by atoms with E-state index in [0.29, 0.717) is 12.8 Å². The van der Waals surface area contributed by atoms with Gasteiger partial charge >= 0.3 is 5.97 Å². The quantitative estimate of drug-likeness (QED) is 0.143. The molecule has 3 rings (SSSR count). The maximum absolute atomic E-state index is 12.3. The number of hydrogen-bond donors (Lipinski definition) is 3. The molecule has 0 aromatic heterocycles. The van der Waals surface area contributed by atoms with Crippen molar-refractivity contribution in [1.82, 2.24) is 0 Å². The first kappa shape index (κ1) is 30.3. The first-order valence-electron chi connectivity index (χ1n) is 14.9. The number of carboxylic acid groups (broad SMARTS) is 1. The van der Waals surface area contributed by atoms with Crippen molar-refractivity contribution in [2.75, 3.05) is 0 Å². The number of phenolic OH excluding ortho intramolecular Hbond substituents is 2. The molecule has 0 saturated carbocycles. The van der Waals surface area contributed by atoms with E-state index in [-0.39, 0.29) is 11.5 Å². The number of benzene rings is 3. The van der Waals surface area contributed by atoms with Crippen LogP contribution >= 0.6 is 0 Å². The number of rotatable bonds is 18. The van der Waals surface area contributed by atoms with Crippen LogP contribution in [0.5, 0.6) is 11.5 Å². The van der Waals surface area contributed by atoms with Crippen molar-refractivity contribution in [1.29, 1.82) is 0 Å². The van der Waals surface area contributed by atoms with Crippen LogP contribution in [-0.4, -0.2) is 21.3 Å². The van der Waals surface area contributed by atoms with Gasteiger partial charge in [0.15, 0.2) is 0 Å². The van der Waals surface area contributed by atoms with Crippen LogP contribution < -0.4 is 0 Å². The minimum atomic E-state index is -0.746. The molecule has 4 heteroatoms. The lowest BCUT2D eigenvalue weighted by Gasteiger charge is -2.19. The van der Waals surface area contributed by atoms with Crippen molar-refractivity contribution in [3.05, 3.63) is 72.3 Å². The third-order valence-corrected chi connectivity index (χ3v) is 7.71. The molecule has 4 nitrogen and oxygen atoms in total. The smallest absolute Gasteiger partial charge is 0.306 e. The molecule has 3 N–H and O–H groups in total. The molecule has 0 spiro atoms. The summed E-state index contributed by atoms with van der Waals surface area (Å²) in [6, 6.07) is 20.2. The number of carboxylic acids is 1. The zero-order chi connectivity index (χ0) is 27.9. The topological polar surface area (TPSA) is 77.8 Å². The Labute approximate surface area is 234 Å². The fourth-order valence-corrected chi connectivity index (χ4v) is 5.43. The van der Waals surface area contributed by atoms with Gasteiger partial charge in [-0.15, -0.1) is 0 Å². The summed E-state index contributed by atoms with van der Waals surface area (Å²) in [5, 5.41) is 29.7. The summed E-state index contributed by atoms with van der Waals surface area (Å²) >= 11 is 0. The summed E-state index contributed by atoms with van der Waals surface area (Å²) in [5.74, 6) is -0.795. The fraction of sp³-hybridized carbons (Fsp3) is 0.457. The highest BCUT2D eigenvalue weighted by atomic mass is 16.4. The highest BCUT2D eigenvalue weighted by Gasteiger charge is 2.21. The van der Waals surface area contributed by atoms with Gasteiger partial charge in [-0.1, -0.05) is 126 Å². The lowest BCUT2D eigenvalue weighted by atomic mass is 9.85. The Hall–Kier alpha value is -3.27. The molecular weight excluding hydrogens is 484 g/mol. The number of phenols is 2. The van der Waals surface area contributed by atoms with E-state index in [0.717, 1.165) is 40.7 Å². The van der Waals surface area contributed by atoms with E-state index in [1.165, 1.54) is 64.2 Å². The summed E-state index contributed by atoms with van der Waals surface area (Å²) in [6.45, 7) is 2.25. The Morgan fingerprint density at radius 1 is 0.641 bits per heavy atom. The Morgan fingerprint density at radius 2 is 1.13 bits per heavy atom. The van der Waals surface area contributed by atoms with Crippen LogP contribution in [0, 0.1) is 5.92 Å². The summed E-state index contributed by atoms with van der Waals surface area (Å²) in [7, 11) is 0. The van der Waals surface area contributed by atoms with Crippen molar-refractivity contribution in [2.24, 2.45) is 5.92 Å². The standard InChI is InChI=1S/C35H46O4/c1-2-3-4-5-6-7-8-9-10-11-12-13-15-30(35(38)39)26-29-16-14-17-33(27-18-22-31(36)23-19-27)34(29)28-20-24-32(37)25-21-28/h14,16-25,30,36-37H,2-13,15,26H2,1H3,(H,38,39). The molecule has 0 saturated heterocycles. The van der Waals surface area contributed by atoms with Crippen LogP contribution in [0.3, 0.4) is 0 Å². The average molecular weight is 531 g/mol. The monoisotopic (exact) mass is 530 g/mol. The number of aliphatic carboxylic acids is 1. The zero-order valence-corrected chi connectivity index (χ0v) is 23.6. The minimum Gasteiger partial charge on any atom is -0.508 e. The first-order chi connectivity index (χ1) is 19.0. The Bertz CT molecular complexity index is 1120. The molecule has 0 radical (unpaired) electrons. The molecule has 0 fully saturated rings. The summed E-state index contributed by atoms with van der Waals surface area (Å²) in [4.78, 5) is 12.3. The van der Waals surface area contributed by atoms with Crippen LogP contribution in [-0.2, 0) is 11.2 Å². The molecule has 0 heterocycles. The molecule has 3 aromatic carbocycles. The molecule has 0 amide bonds. The minimum absolute atomic E-state index is 0.192. The number of unbranched alkanes of at least 4 members (excludes halogenated alkanes) is 11. The molecule has 1 atom stereocenters. The molecule has 0 aliphatic heterocycles. The van der Waals surface area contributed by atoms with Crippen LogP contribution in [0.15, 0.2) is 66.7 Å². The average Bonchev–Trinajstić information content (AvgIpc) is 2.93. The van der Waals surface area contributed by atoms with Crippen LogP contribution in [0.25, 0.3) is 22.3 Å². The molecule has 0 bridgehead atoms. The maximum Gasteiger partial charge on any atom is 0.306 e. The molecule has 0 aliphatic carbocycles. The normalized spacial score (nSPS) is 11.9. The SMILES string of the molecule is CCCCCCCCCCCCCCC(Cc1cccc(-c2ccc(O)cc2)c1-c1ccc(O)cc1)C(=O)O. The highest BCUT2D eigenvalue weighted by molar-refractivity contribution is 5.86. The van der Waals surface area contributed by atoms with Crippen LogP contribution in [0.1, 0.15) is 96.0 Å². The van der Waals surface area contributed by atoms with E-state index in [1.54, 1.807) is 24.3 Å². The highest BCUT2D eigenvalue weighted by Crippen LogP contribution is 2.37. The van der Waals surface area contributed by atoms with Crippen molar-refractivity contribution < 1.29 is 20.1 Å². The van der Waals surface area contributed by atoms with Gasteiger partial charge in [0, 0.05) is 0 Å². The van der Waals surface area contributed by atoms with Crippen LogP contribution in [0.2, 0.25) is 0 Å². The van der Waals surface area contributed by atoms with Gasteiger partial charge in [0.25, 0.3) is 0 Å². The van der Waals surface area contributed by atoms with Crippen molar-refractivity contribution in [3.63, 3.8) is 0 Å². The zero-order valence-electron chi connectivity index (χ0n) is 23.6. The Balaban J connectivity index is 1.60. The second-order valence-electron chi connectivity index (χ2n) is 10.9. The summed E-state index contributed by atoms with van der Waals surface area (Å²) < 4.78 is 0. The molecule has 0 aliphatic rings. The molecule has 210 valence electrons. The second kappa shape index (κ2) is 16.6. The largest absolute Gasteiger partial charge is 0.508 e. The van der Waals surface area contributed by atoms with Crippen molar-refractivity contribution in [3.8, 4) is 33.8 Å². The molecule has 3 aromatic rings. The van der Waals surface area contributed by atoms with Gasteiger partial charge in [-0.05, 0) is 64.9 Å². The van der Waals surface area contributed by atoms with E-state index < -0.39 is 11.9 Å². The summed E-state index contributed by atoms with van der Waals surface area (Å²) in [6.07, 6.45) is 16.3. The van der Waals surface area contributed by atoms with Gasteiger partial charge in [-0.3, -0.25) is 4.79 Å². The van der Waals surface area contributed by atoms with Gasteiger partial charge in [0.1, 0.15) is 11.5 Å². The third-order valence-electron chi connectivity index (χ3n) is 7.71. The van der Waals surface area contributed by atoms with Crippen LogP contribution in [0.4, 0.5) is 0 Å². The summed E-state index contributed by atoms with van der Waals surface area (Å²) in [5.41, 5.74) is 4.82. The molecule has 1 unspecified atom stereocenters. The van der Waals surface area contributed by atoms with Crippen molar-refractivity contribution in [2.45, 2.75) is 96.8 Å². The molecular formula is C35H46O4. The van der Waals surface area contributed by atoms with E-state index in [4.69, 9.17) is 0 Å². The molecule has 39 heavy (non-hydrogen) atoms. The Kier molecular flexibility index (Phi) is 12.9. The van der Waals surface area contributed by atoms with Crippen molar-refractivity contribution >= 4 is 5.97 Å². The lowest BCUT2D eigenvalue weighted by molar-refractivity contribution is -0.142. The van der Waals surface area contributed by atoms with E-state index >= 15 is 0 Å². The van der Waals surface area contributed by atoms with E-state index in [1.807, 2.05) is 42.5 Å². The van der Waals surface area contributed by atoms with E-state index in [9.17, 15) is 20.1 Å². The van der Waals surface area contributed by atoms with Gasteiger partial charge in [-0.2, -0.15) is 0 Å². The first-order valence-corrected chi connectivity index (χ1v) is 14.9. The fourth-order valence-electron chi connectivity index (χ4n) is 5.43. The second-order valence-corrected chi connectivity index (χ2v) is 10.9. The Morgan fingerprint density at radius 3 is 1.64 bits per heavy atom. The predicted molar refractivity (Wildman–Crippen MR) is 161 cm³/mol. The van der Waals surface area contributed by atoms with Gasteiger partial charge < -0.3 is 15.3 Å². The number of hydrogen-bond acceptors (Lipinski definition) is 3. The predicted octanol–water partition coefficient (Wildman–Crippen LogP) is 9.77. The van der Waals surface area contributed by atoms with Gasteiger partial charge in [0.2, 0.25) is 0 Å². The van der Waals surface area contributed by atoms with Gasteiger partial charge in [-0.25, -0.2) is 0 Å². The number of carbonyl (C=O) groups is 1. The lowest BCUT2D eigenvalue weighted by Crippen LogP contribution is -2.17. The third kappa shape index (κ3) is 10.1. The van der Waals surface area contributed by atoms with Gasteiger partial charge in [0.05, 0.1) is 5.92 Å². The van der Waals surface area contributed by atoms with E-state index in [2.05, 4.69) is 6.92 Å².